The lowest BCUT2D eigenvalue weighted by molar-refractivity contribution is -0.137. The second-order valence-electron chi connectivity index (χ2n) is 14.2. The number of aromatic amines is 1. The summed E-state index contributed by atoms with van der Waals surface area (Å²) in [6, 6.07) is 24.7. The van der Waals surface area contributed by atoms with Crippen LogP contribution in [0.3, 0.4) is 0 Å². The third-order valence-electron chi connectivity index (χ3n) is 10.6. The molecule has 2 aromatic heterocycles. The number of benzene rings is 3. The summed E-state index contributed by atoms with van der Waals surface area (Å²) in [5.41, 5.74) is 7.38. The van der Waals surface area contributed by atoms with Crippen molar-refractivity contribution in [2.45, 2.75) is 38.3 Å². The average molecular weight is 775 g/mol. The van der Waals surface area contributed by atoms with E-state index in [9.17, 15) is 9.59 Å². The smallest absolute Gasteiger partial charge is 0.272 e. The zero-order valence-corrected chi connectivity index (χ0v) is 32.0. The Morgan fingerprint density at radius 1 is 1.00 bits per heavy atom. The summed E-state index contributed by atoms with van der Waals surface area (Å²) in [7, 11) is 0. The van der Waals surface area contributed by atoms with E-state index in [1.165, 1.54) is 0 Å². The van der Waals surface area contributed by atoms with Gasteiger partial charge in [-0.05, 0) is 84.6 Å². The van der Waals surface area contributed by atoms with Gasteiger partial charge in [0.25, 0.3) is 5.91 Å². The molecule has 0 saturated carbocycles. The van der Waals surface area contributed by atoms with Gasteiger partial charge in [-0.2, -0.15) is 0 Å². The molecule has 0 spiro atoms. The van der Waals surface area contributed by atoms with Crippen LogP contribution in [0.25, 0.3) is 22.2 Å². The number of halogens is 2. The predicted molar refractivity (Wildman–Crippen MR) is 218 cm³/mol. The molecule has 2 unspecified atom stereocenters. The van der Waals surface area contributed by atoms with Crippen molar-refractivity contribution in [1.29, 1.82) is 0 Å². The molecule has 2 N–H and O–H groups in total. The van der Waals surface area contributed by atoms with E-state index in [1.807, 2.05) is 78.6 Å². The van der Waals surface area contributed by atoms with Gasteiger partial charge in [-0.15, -0.1) is 0 Å². The monoisotopic (exact) mass is 773 g/mol. The van der Waals surface area contributed by atoms with Gasteiger partial charge < -0.3 is 29.6 Å². The molecule has 5 heterocycles. The Labute approximate surface area is 330 Å². The van der Waals surface area contributed by atoms with Crippen molar-refractivity contribution >= 4 is 62.9 Å². The highest BCUT2D eigenvalue weighted by Gasteiger charge is 2.39. The first-order chi connectivity index (χ1) is 26.7. The molecule has 3 aliphatic heterocycles. The number of hydrogen-bond donors (Lipinski definition) is 2. The second kappa shape index (κ2) is 15.4. The number of H-pyrrole nitrogens is 1. The van der Waals surface area contributed by atoms with E-state index in [0.29, 0.717) is 65.2 Å². The van der Waals surface area contributed by atoms with E-state index >= 15 is 0 Å². The molecule has 55 heavy (non-hydrogen) atoms. The summed E-state index contributed by atoms with van der Waals surface area (Å²) in [6.07, 6.45) is 5.29. The van der Waals surface area contributed by atoms with Crippen LogP contribution in [0.2, 0.25) is 10.0 Å². The molecular formula is C44H41Cl2N5O4. The minimum absolute atomic E-state index is 0.0188. The highest BCUT2D eigenvalue weighted by Crippen LogP contribution is 2.51. The number of likely N-dealkylation sites (tertiary alicyclic amines) is 1. The van der Waals surface area contributed by atoms with Gasteiger partial charge in [0.05, 0.1) is 18.3 Å². The van der Waals surface area contributed by atoms with Crippen LogP contribution in [0.5, 0.6) is 5.88 Å². The van der Waals surface area contributed by atoms with Gasteiger partial charge in [-0.25, -0.2) is 4.98 Å². The normalized spacial score (nSPS) is 19.3. The van der Waals surface area contributed by atoms with Crippen molar-refractivity contribution in [3.8, 4) is 5.88 Å². The van der Waals surface area contributed by atoms with Crippen molar-refractivity contribution in [2.24, 2.45) is 5.92 Å². The summed E-state index contributed by atoms with van der Waals surface area (Å²) in [5, 5.41) is 5.10. The lowest BCUT2D eigenvalue weighted by Crippen LogP contribution is -2.38. The number of allylic oxidation sites excluding steroid dienone is 2. The lowest BCUT2D eigenvalue weighted by Gasteiger charge is -2.39. The lowest BCUT2D eigenvalue weighted by atomic mass is 9.83. The molecule has 2 amide bonds. The minimum atomic E-state index is -0.394. The van der Waals surface area contributed by atoms with Crippen LogP contribution >= 0.6 is 23.2 Å². The highest BCUT2D eigenvalue weighted by atomic mass is 35.5. The fourth-order valence-electron chi connectivity index (χ4n) is 8.13. The van der Waals surface area contributed by atoms with Crippen LogP contribution in [-0.2, 0) is 9.53 Å². The molecule has 9 nitrogen and oxygen atoms in total. The van der Waals surface area contributed by atoms with Crippen molar-refractivity contribution in [3.05, 3.63) is 148 Å². The minimum Gasteiger partial charge on any atom is -0.471 e. The Morgan fingerprint density at radius 2 is 1.76 bits per heavy atom. The van der Waals surface area contributed by atoms with E-state index in [1.54, 1.807) is 24.5 Å². The fourth-order valence-corrected chi connectivity index (χ4v) is 8.49. The number of carbonyl (C=O) groups excluding carboxylic acids is 2. The number of amides is 2. The zero-order chi connectivity index (χ0) is 38.2. The first kappa shape index (κ1) is 36.6. The topological polar surface area (TPSA) is 99.8 Å². The SMILES string of the molecule is C=CN1C(=C(C(=C)C)c2ccccc2)c2c(C(=O)Nc3cccnc3OC3CCN(C(=O)C4CCOCC4)C3)[nH]c3cc(Cl)cc(c23)C1c1ccc(Cl)cc1. The van der Waals surface area contributed by atoms with Crippen molar-refractivity contribution < 1.29 is 19.1 Å². The van der Waals surface area contributed by atoms with E-state index in [2.05, 4.69) is 33.3 Å². The van der Waals surface area contributed by atoms with E-state index in [-0.39, 0.29) is 29.9 Å². The van der Waals surface area contributed by atoms with E-state index < -0.39 is 5.91 Å². The van der Waals surface area contributed by atoms with Crippen LogP contribution in [-0.4, -0.2) is 64.0 Å². The molecule has 2 saturated heterocycles. The number of anilines is 1. The first-order valence-corrected chi connectivity index (χ1v) is 19.2. The van der Waals surface area contributed by atoms with Gasteiger partial charge in [0.2, 0.25) is 11.8 Å². The van der Waals surface area contributed by atoms with Crippen molar-refractivity contribution in [2.75, 3.05) is 31.6 Å². The van der Waals surface area contributed by atoms with Gasteiger partial charge in [0.15, 0.2) is 0 Å². The maximum absolute atomic E-state index is 14.7. The standard InChI is InChI=1S/C44H41Cl2N5O4/c1-4-51-40(28-12-14-30(45)15-13-28)33-23-31(46)24-35-37(33)38(41(51)36(26(2)3)27-9-6-5-7-10-27)39(48-35)42(52)49-34-11-8-19-47-43(34)55-32-16-20-50(25-32)44(53)29-17-21-54-22-18-29/h4-15,19,23-24,29,32,40,48H,1-2,16-18,20-22,25H2,3H3,(H,49,52). The molecule has 0 radical (unpaired) electrons. The number of aromatic nitrogens is 2. The zero-order valence-electron chi connectivity index (χ0n) is 30.5. The number of carbonyl (C=O) groups is 2. The summed E-state index contributed by atoms with van der Waals surface area (Å²) in [4.78, 5) is 39.9. The maximum Gasteiger partial charge on any atom is 0.272 e. The Hall–Kier alpha value is -5.35. The fraction of sp³-hybridized carbons (Fsp3) is 0.250. The summed E-state index contributed by atoms with van der Waals surface area (Å²) in [6.45, 7) is 13.0. The van der Waals surface area contributed by atoms with Crippen LogP contribution in [0.1, 0.15) is 65.0 Å². The van der Waals surface area contributed by atoms with Crippen LogP contribution < -0.4 is 10.1 Å². The molecule has 280 valence electrons. The summed E-state index contributed by atoms with van der Waals surface area (Å²) < 4.78 is 11.9. The van der Waals surface area contributed by atoms with Gasteiger partial charge in [0, 0.05) is 70.4 Å². The third kappa shape index (κ3) is 7.04. The third-order valence-corrected chi connectivity index (χ3v) is 11.1. The van der Waals surface area contributed by atoms with Gasteiger partial charge in [-0.1, -0.05) is 78.8 Å². The van der Waals surface area contributed by atoms with Crippen molar-refractivity contribution in [3.63, 3.8) is 0 Å². The molecule has 3 aliphatic rings. The molecule has 0 bridgehead atoms. The van der Waals surface area contributed by atoms with Gasteiger partial charge in [-0.3, -0.25) is 9.59 Å². The number of nitrogens with one attached hydrogen (secondary N) is 2. The molecular weight excluding hydrogens is 733 g/mol. The quantitative estimate of drug-likeness (QED) is 0.155. The highest BCUT2D eigenvalue weighted by molar-refractivity contribution is 6.32. The summed E-state index contributed by atoms with van der Waals surface area (Å²) >= 11 is 13.2. The average Bonchev–Trinajstić information content (AvgIpc) is 3.82. The molecule has 0 aliphatic carbocycles. The Balaban J connectivity index is 1.21. The molecule has 8 rings (SSSR count). The first-order valence-electron chi connectivity index (χ1n) is 18.5. The summed E-state index contributed by atoms with van der Waals surface area (Å²) in [5.74, 6) is 0.0218. The van der Waals surface area contributed by atoms with Crippen molar-refractivity contribution in [1.82, 2.24) is 19.8 Å². The van der Waals surface area contributed by atoms with Crippen LogP contribution in [0.15, 0.2) is 110 Å². The molecule has 2 atom stereocenters. The van der Waals surface area contributed by atoms with Crippen LogP contribution in [0, 0.1) is 5.92 Å². The molecule has 2 fully saturated rings. The number of pyridine rings is 1. The number of ether oxygens (including phenoxy) is 2. The van der Waals surface area contributed by atoms with Gasteiger partial charge in [0.1, 0.15) is 17.5 Å². The molecule has 3 aromatic carbocycles. The Bertz CT molecular complexity index is 2330. The van der Waals surface area contributed by atoms with E-state index in [0.717, 1.165) is 51.8 Å². The predicted octanol–water partition coefficient (Wildman–Crippen LogP) is 9.52. The number of hydrogen-bond acceptors (Lipinski definition) is 6. The van der Waals surface area contributed by atoms with E-state index in [4.69, 9.17) is 32.7 Å². The molecule has 5 aromatic rings. The van der Waals surface area contributed by atoms with Gasteiger partial charge >= 0.3 is 0 Å². The molecule has 11 heteroatoms. The Morgan fingerprint density at radius 3 is 2.49 bits per heavy atom. The Kier molecular flexibility index (Phi) is 10.3. The number of nitrogens with zero attached hydrogens (tertiary/aromatic N) is 3. The largest absolute Gasteiger partial charge is 0.471 e. The van der Waals surface area contributed by atoms with Crippen LogP contribution in [0.4, 0.5) is 5.69 Å². The second-order valence-corrected chi connectivity index (χ2v) is 15.1. The number of rotatable bonds is 9. The maximum atomic E-state index is 14.7.